The maximum Gasteiger partial charge on any atom is 0.256 e. The third-order valence-corrected chi connectivity index (χ3v) is 3.52. The molecule has 1 aromatic heterocycles. The third kappa shape index (κ3) is 2.94. The molecule has 0 spiro atoms. The Kier molecular flexibility index (Phi) is 4.10. The van der Waals surface area contributed by atoms with Gasteiger partial charge >= 0.3 is 0 Å². The van der Waals surface area contributed by atoms with Crippen molar-refractivity contribution in [3.05, 3.63) is 60.4 Å². The van der Waals surface area contributed by atoms with Gasteiger partial charge in [0.15, 0.2) is 11.5 Å². The second-order valence-corrected chi connectivity index (χ2v) is 4.89. The molecule has 3 rings (SSSR count). The number of rotatable bonds is 4. The minimum Gasteiger partial charge on any atom is -0.493 e. The van der Waals surface area contributed by atoms with Gasteiger partial charge in [0.05, 0.1) is 25.3 Å². The maximum atomic E-state index is 12.4. The zero-order valence-electron chi connectivity index (χ0n) is 12.9. The van der Waals surface area contributed by atoms with Crippen LogP contribution >= 0.6 is 0 Å². The van der Waals surface area contributed by atoms with E-state index in [1.807, 2.05) is 36.4 Å². The molecule has 5 heteroatoms. The summed E-state index contributed by atoms with van der Waals surface area (Å²) >= 11 is 0. The molecule has 0 amide bonds. The van der Waals surface area contributed by atoms with Gasteiger partial charge in [-0.1, -0.05) is 18.2 Å². The summed E-state index contributed by atoms with van der Waals surface area (Å²) in [5, 5.41) is 0. The molecule has 3 aromatic rings. The van der Waals surface area contributed by atoms with Crippen LogP contribution in [0.2, 0.25) is 0 Å². The fourth-order valence-electron chi connectivity index (χ4n) is 2.34. The zero-order valence-corrected chi connectivity index (χ0v) is 12.9. The number of nitrogens with zero attached hydrogens (tertiary/aromatic N) is 2. The van der Waals surface area contributed by atoms with Gasteiger partial charge < -0.3 is 9.47 Å². The first kappa shape index (κ1) is 14.8. The molecule has 23 heavy (non-hydrogen) atoms. The molecule has 0 unspecified atom stereocenters. The van der Waals surface area contributed by atoms with Crippen molar-refractivity contribution in [1.29, 1.82) is 0 Å². The molecule has 2 aromatic carbocycles. The van der Waals surface area contributed by atoms with Crippen LogP contribution < -0.4 is 9.47 Å². The highest BCUT2D eigenvalue weighted by Gasteiger charge is 2.07. The van der Waals surface area contributed by atoms with Gasteiger partial charge in [-0.2, -0.15) is 0 Å². The van der Waals surface area contributed by atoms with Crippen molar-refractivity contribution in [1.82, 2.24) is 9.55 Å². The molecule has 5 nitrogen and oxygen atoms in total. The number of methoxy groups -OCH3 is 2. The minimum absolute atomic E-state index is 0.159. The second-order valence-electron chi connectivity index (χ2n) is 4.89. The van der Waals surface area contributed by atoms with E-state index in [2.05, 4.69) is 4.98 Å². The molecule has 0 N–H and O–H groups in total. The van der Waals surface area contributed by atoms with Gasteiger partial charge in [-0.25, -0.2) is 4.98 Å². The lowest BCUT2D eigenvalue weighted by atomic mass is 10.2. The normalized spacial score (nSPS) is 11.0. The third-order valence-electron chi connectivity index (χ3n) is 3.52. The van der Waals surface area contributed by atoms with Gasteiger partial charge in [0.25, 0.3) is 5.91 Å². The number of ether oxygens (including phenoxy) is 2. The van der Waals surface area contributed by atoms with E-state index in [1.165, 1.54) is 17.0 Å². The van der Waals surface area contributed by atoms with Crippen molar-refractivity contribution in [2.45, 2.75) is 0 Å². The smallest absolute Gasteiger partial charge is 0.256 e. The molecule has 0 fully saturated rings. The van der Waals surface area contributed by atoms with Crippen LogP contribution in [-0.2, 0) is 0 Å². The topological polar surface area (TPSA) is 53.4 Å². The van der Waals surface area contributed by atoms with E-state index < -0.39 is 0 Å². The average molecular weight is 308 g/mol. The predicted molar refractivity (Wildman–Crippen MR) is 88.9 cm³/mol. The van der Waals surface area contributed by atoms with Gasteiger partial charge in [-0.15, -0.1) is 0 Å². The summed E-state index contributed by atoms with van der Waals surface area (Å²) in [5.41, 5.74) is 2.43. The van der Waals surface area contributed by atoms with Crippen molar-refractivity contribution in [3.8, 4) is 11.5 Å². The van der Waals surface area contributed by atoms with Crippen LogP contribution in [0.1, 0.15) is 10.4 Å². The molecule has 0 radical (unpaired) electrons. The first-order valence-electron chi connectivity index (χ1n) is 7.09. The number of benzene rings is 2. The molecule has 0 saturated heterocycles. The molecular formula is C18H16N2O3. The Bertz CT molecular complexity index is 881. The summed E-state index contributed by atoms with van der Waals surface area (Å²) in [6.45, 7) is 0. The van der Waals surface area contributed by atoms with Gasteiger partial charge in [0.2, 0.25) is 0 Å². The van der Waals surface area contributed by atoms with Gasteiger partial charge in [-0.3, -0.25) is 9.36 Å². The van der Waals surface area contributed by atoms with Crippen molar-refractivity contribution in [3.63, 3.8) is 0 Å². The van der Waals surface area contributed by atoms with E-state index in [0.717, 1.165) is 16.6 Å². The summed E-state index contributed by atoms with van der Waals surface area (Å²) in [6.07, 6.45) is 4.78. The Morgan fingerprint density at radius 3 is 2.65 bits per heavy atom. The first-order chi connectivity index (χ1) is 11.2. The van der Waals surface area contributed by atoms with Crippen LogP contribution in [0.25, 0.3) is 17.1 Å². The van der Waals surface area contributed by atoms with E-state index in [9.17, 15) is 4.79 Å². The predicted octanol–water partition coefficient (Wildman–Crippen LogP) is 3.41. The van der Waals surface area contributed by atoms with Crippen LogP contribution in [0.4, 0.5) is 0 Å². The van der Waals surface area contributed by atoms with Crippen molar-refractivity contribution < 1.29 is 14.3 Å². The minimum atomic E-state index is -0.159. The Balaban J connectivity index is 1.86. The number of hydrogen-bond acceptors (Lipinski definition) is 4. The monoisotopic (exact) mass is 308 g/mol. The van der Waals surface area contributed by atoms with E-state index in [4.69, 9.17) is 9.47 Å². The Labute approximate surface area is 133 Å². The van der Waals surface area contributed by atoms with E-state index in [-0.39, 0.29) is 5.91 Å². The largest absolute Gasteiger partial charge is 0.493 e. The zero-order chi connectivity index (χ0) is 16.2. The van der Waals surface area contributed by atoms with E-state index >= 15 is 0 Å². The Hall–Kier alpha value is -3.08. The summed E-state index contributed by atoms with van der Waals surface area (Å²) in [4.78, 5) is 16.6. The number of fused-ring (bicyclic) bond motifs is 1. The van der Waals surface area contributed by atoms with E-state index in [1.54, 1.807) is 26.4 Å². The van der Waals surface area contributed by atoms with Crippen LogP contribution in [0.3, 0.4) is 0 Å². The van der Waals surface area contributed by atoms with E-state index in [0.29, 0.717) is 11.5 Å². The number of hydrogen-bond donors (Lipinski definition) is 0. The van der Waals surface area contributed by atoms with Crippen molar-refractivity contribution in [2.75, 3.05) is 14.2 Å². The van der Waals surface area contributed by atoms with Crippen molar-refractivity contribution in [2.24, 2.45) is 0 Å². The van der Waals surface area contributed by atoms with Gasteiger partial charge in [0, 0.05) is 6.08 Å². The Morgan fingerprint density at radius 1 is 1.09 bits per heavy atom. The lowest BCUT2D eigenvalue weighted by molar-refractivity contribution is 0.0974. The number of allylic oxidation sites excluding steroid dienone is 1. The highest BCUT2D eigenvalue weighted by molar-refractivity contribution is 5.99. The number of imidazole rings is 1. The number of carbonyl (C=O) groups excluding carboxylic acids is 1. The molecule has 116 valence electrons. The Morgan fingerprint density at radius 2 is 1.87 bits per heavy atom. The molecular weight excluding hydrogens is 292 g/mol. The van der Waals surface area contributed by atoms with Crippen LogP contribution in [0, 0.1) is 0 Å². The fourth-order valence-corrected chi connectivity index (χ4v) is 2.34. The SMILES string of the molecule is COc1ccc(/C=C/C(=O)n2cnc3ccccc32)cc1OC. The number of para-hydroxylation sites is 2. The first-order valence-corrected chi connectivity index (χ1v) is 7.09. The molecule has 1 heterocycles. The summed E-state index contributed by atoms with van der Waals surface area (Å²) < 4.78 is 12.0. The molecule has 0 saturated carbocycles. The quantitative estimate of drug-likeness (QED) is 0.693. The lowest BCUT2D eigenvalue weighted by Gasteiger charge is -2.07. The second kappa shape index (κ2) is 6.36. The number of carbonyl (C=O) groups is 1. The number of aromatic nitrogens is 2. The molecule has 0 bridgehead atoms. The molecule has 0 aliphatic carbocycles. The van der Waals surface area contributed by atoms with Gasteiger partial charge in [0.1, 0.15) is 6.33 Å². The molecule has 0 aliphatic heterocycles. The van der Waals surface area contributed by atoms with Crippen LogP contribution in [0.15, 0.2) is 54.9 Å². The summed E-state index contributed by atoms with van der Waals surface area (Å²) in [6, 6.07) is 13.0. The standard InChI is InChI=1S/C18H16N2O3/c1-22-16-9-7-13(11-17(16)23-2)8-10-18(21)20-12-19-14-5-3-4-6-15(14)20/h3-12H,1-2H3/b10-8+. The van der Waals surface area contributed by atoms with Crippen LogP contribution in [0.5, 0.6) is 11.5 Å². The fraction of sp³-hybridized carbons (Fsp3) is 0.111. The molecule has 0 aliphatic rings. The van der Waals surface area contributed by atoms with Gasteiger partial charge in [-0.05, 0) is 35.9 Å². The van der Waals surface area contributed by atoms with Crippen molar-refractivity contribution >= 4 is 23.0 Å². The average Bonchev–Trinajstić information content (AvgIpc) is 3.03. The molecule has 0 atom stereocenters. The summed E-state index contributed by atoms with van der Waals surface area (Å²) in [7, 11) is 3.16. The van der Waals surface area contributed by atoms with Crippen LogP contribution in [-0.4, -0.2) is 29.7 Å². The maximum absolute atomic E-state index is 12.4. The highest BCUT2D eigenvalue weighted by atomic mass is 16.5. The summed E-state index contributed by atoms with van der Waals surface area (Å²) in [5.74, 6) is 1.11. The lowest BCUT2D eigenvalue weighted by Crippen LogP contribution is -2.05. The highest BCUT2D eigenvalue weighted by Crippen LogP contribution is 2.28.